The van der Waals surface area contributed by atoms with Crippen LogP contribution in [0.5, 0.6) is 0 Å². The fraction of sp³-hybridized carbons (Fsp3) is 0.923. The van der Waals surface area contributed by atoms with Gasteiger partial charge < -0.3 is 15.3 Å². The molecule has 0 spiro atoms. The van der Waals surface area contributed by atoms with Crippen molar-refractivity contribution in [1.29, 1.82) is 0 Å². The molecule has 4 nitrogen and oxygen atoms in total. The molecule has 0 aromatic carbocycles. The van der Waals surface area contributed by atoms with Crippen LogP contribution in [0.25, 0.3) is 0 Å². The third kappa shape index (κ3) is 6.51. The average molecular weight is 244 g/mol. The molecule has 2 N–H and O–H groups in total. The number of aliphatic hydroxyl groups excluding tert-OH is 1. The first kappa shape index (κ1) is 16.2. The highest BCUT2D eigenvalue weighted by molar-refractivity contribution is 5.74. The fourth-order valence-electron chi connectivity index (χ4n) is 1.94. The number of amides is 2. The zero-order valence-electron chi connectivity index (χ0n) is 12.1. The predicted molar refractivity (Wildman–Crippen MR) is 70.9 cm³/mol. The predicted octanol–water partition coefficient (Wildman–Crippen LogP) is 2.08. The fourth-order valence-corrected chi connectivity index (χ4v) is 1.94. The van der Waals surface area contributed by atoms with E-state index in [1.54, 1.807) is 7.05 Å². The molecule has 0 aliphatic carbocycles. The molecular formula is C13H28N2O2. The molecule has 0 aromatic heterocycles. The van der Waals surface area contributed by atoms with Crippen molar-refractivity contribution in [3.63, 3.8) is 0 Å². The Kier molecular flexibility index (Phi) is 6.53. The summed E-state index contributed by atoms with van der Waals surface area (Å²) in [6, 6.07) is -0.272. The van der Waals surface area contributed by atoms with E-state index in [0.29, 0.717) is 12.5 Å². The summed E-state index contributed by atoms with van der Waals surface area (Å²) in [7, 11) is 1.70. The average Bonchev–Trinajstić information content (AvgIpc) is 2.22. The van der Waals surface area contributed by atoms with Crippen molar-refractivity contribution >= 4 is 6.03 Å². The molecule has 4 heteroatoms. The summed E-state index contributed by atoms with van der Waals surface area (Å²) in [6.45, 7) is 11.1. The molecule has 0 heterocycles. The molecule has 17 heavy (non-hydrogen) atoms. The van der Waals surface area contributed by atoms with Crippen molar-refractivity contribution in [2.45, 2.75) is 47.1 Å². The number of rotatable bonds is 6. The zero-order chi connectivity index (χ0) is 13.6. The van der Waals surface area contributed by atoms with Gasteiger partial charge in [0.25, 0.3) is 0 Å². The first-order chi connectivity index (χ1) is 7.69. The summed E-state index contributed by atoms with van der Waals surface area (Å²) >= 11 is 0. The van der Waals surface area contributed by atoms with Crippen LogP contribution in [-0.2, 0) is 0 Å². The molecule has 0 bridgehead atoms. The Hall–Kier alpha value is -0.770. The van der Waals surface area contributed by atoms with Crippen molar-refractivity contribution in [3.8, 4) is 0 Å². The van der Waals surface area contributed by atoms with Crippen molar-refractivity contribution in [2.75, 3.05) is 20.2 Å². The molecule has 0 aromatic rings. The van der Waals surface area contributed by atoms with Gasteiger partial charge in [-0.3, -0.25) is 0 Å². The number of hydrogen-bond donors (Lipinski definition) is 2. The van der Waals surface area contributed by atoms with Gasteiger partial charge in [-0.05, 0) is 24.7 Å². The molecule has 1 atom stereocenters. The number of nitrogens with one attached hydrogen (secondary N) is 1. The molecule has 102 valence electrons. The molecule has 0 rings (SSSR count). The zero-order valence-corrected chi connectivity index (χ0v) is 12.1. The van der Waals surface area contributed by atoms with Gasteiger partial charge in [0.1, 0.15) is 0 Å². The summed E-state index contributed by atoms with van der Waals surface area (Å²) in [6.07, 6.45) is 1.08. The van der Waals surface area contributed by atoms with Crippen LogP contribution in [0, 0.1) is 11.3 Å². The second kappa shape index (κ2) is 6.84. The van der Waals surface area contributed by atoms with Crippen LogP contribution >= 0.6 is 0 Å². The molecular weight excluding hydrogens is 216 g/mol. The molecule has 0 saturated heterocycles. The van der Waals surface area contributed by atoms with Crippen molar-refractivity contribution in [3.05, 3.63) is 0 Å². The molecule has 0 saturated carbocycles. The molecule has 0 aliphatic rings. The Bertz CT molecular complexity index is 240. The highest BCUT2D eigenvalue weighted by Gasteiger charge is 2.22. The van der Waals surface area contributed by atoms with E-state index in [1.165, 1.54) is 4.90 Å². The lowest BCUT2D eigenvalue weighted by molar-refractivity contribution is 0.152. The van der Waals surface area contributed by atoms with Crippen molar-refractivity contribution < 1.29 is 9.90 Å². The largest absolute Gasteiger partial charge is 0.394 e. The highest BCUT2D eigenvalue weighted by Crippen LogP contribution is 2.24. The topological polar surface area (TPSA) is 52.6 Å². The van der Waals surface area contributed by atoms with Gasteiger partial charge in [-0.15, -0.1) is 0 Å². The normalized spacial score (nSPS) is 13.6. The molecule has 0 aliphatic heterocycles. The van der Waals surface area contributed by atoms with Gasteiger partial charge in [0.15, 0.2) is 0 Å². The summed E-state index contributed by atoms with van der Waals surface area (Å²) in [5.74, 6) is 0.621. The smallest absolute Gasteiger partial charge is 0.317 e. The molecule has 0 radical (unpaired) electrons. The number of aliphatic hydroxyl groups is 1. The van der Waals surface area contributed by atoms with Crippen molar-refractivity contribution in [1.82, 2.24) is 10.2 Å². The quantitative estimate of drug-likeness (QED) is 0.751. The minimum Gasteiger partial charge on any atom is -0.394 e. The molecule has 0 fully saturated rings. The number of carbonyl (C=O) groups is 1. The number of urea groups is 1. The van der Waals surface area contributed by atoms with Crippen LogP contribution in [0.3, 0.4) is 0 Å². The third-order valence-corrected chi connectivity index (χ3v) is 2.92. The SMILES string of the molecule is CC(C)CC(C)(C)CNC(=O)N(C)C(C)CO. The number of carbonyl (C=O) groups excluding carboxylic acids is 1. The minimum atomic E-state index is -0.150. The summed E-state index contributed by atoms with van der Waals surface area (Å²) in [5, 5.41) is 11.9. The number of hydrogen-bond acceptors (Lipinski definition) is 2. The van der Waals surface area contributed by atoms with E-state index in [2.05, 4.69) is 33.0 Å². The maximum absolute atomic E-state index is 11.8. The van der Waals surface area contributed by atoms with Crippen LogP contribution in [0.2, 0.25) is 0 Å². The van der Waals surface area contributed by atoms with Crippen LogP contribution in [0.1, 0.15) is 41.0 Å². The second-order valence-corrected chi connectivity index (χ2v) is 6.06. The Morgan fingerprint density at radius 2 is 1.88 bits per heavy atom. The van der Waals surface area contributed by atoms with Crippen LogP contribution in [0.4, 0.5) is 4.79 Å². The van der Waals surface area contributed by atoms with Gasteiger partial charge in [0.05, 0.1) is 12.6 Å². The second-order valence-electron chi connectivity index (χ2n) is 6.06. The first-order valence-electron chi connectivity index (χ1n) is 6.31. The van der Waals surface area contributed by atoms with Crippen LogP contribution in [0.15, 0.2) is 0 Å². The third-order valence-electron chi connectivity index (χ3n) is 2.92. The maximum Gasteiger partial charge on any atom is 0.317 e. The van der Waals surface area contributed by atoms with E-state index in [-0.39, 0.29) is 24.1 Å². The van der Waals surface area contributed by atoms with Gasteiger partial charge in [-0.1, -0.05) is 27.7 Å². The Morgan fingerprint density at radius 3 is 2.29 bits per heavy atom. The van der Waals surface area contributed by atoms with Gasteiger partial charge in [-0.2, -0.15) is 0 Å². The van der Waals surface area contributed by atoms with Crippen LogP contribution in [-0.4, -0.2) is 42.3 Å². The van der Waals surface area contributed by atoms with E-state index in [9.17, 15) is 4.79 Å². The molecule has 2 amide bonds. The number of nitrogens with zero attached hydrogens (tertiary/aromatic N) is 1. The Morgan fingerprint density at radius 1 is 1.35 bits per heavy atom. The monoisotopic (exact) mass is 244 g/mol. The lowest BCUT2D eigenvalue weighted by Crippen LogP contribution is -2.46. The summed E-state index contributed by atoms with van der Waals surface area (Å²) in [5.41, 5.74) is 0.104. The van der Waals surface area contributed by atoms with Crippen molar-refractivity contribution in [2.24, 2.45) is 11.3 Å². The van der Waals surface area contributed by atoms with E-state index in [4.69, 9.17) is 5.11 Å². The lowest BCUT2D eigenvalue weighted by atomic mass is 9.84. The van der Waals surface area contributed by atoms with E-state index in [0.717, 1.165) is 6.42 Å². The summed E-state index contributed by atoms with van der Waals surface area (Å²) < 4.78 is 0. The van der Waals surface area contributed by atoms with Gasteiger partial charge in [-0.25, -0.2) is 4.79 Å². The van der Waals surface area contributed by atoms with Gasteiger partial charge in [0, 0.05) is 13.6 Å². The lowest BCUT2D eigenvalue weighted by Gasteiger charge is -2.29. The van der Waals surface area contributed by atoms with E-state index in [1.807, 2.05) is 6.92 Å². The Labute approximate surface area is 105 Å². The standard InChI is InChI=1S/C13H28N2O2/c1-10(2)7-13(4,5)9-14-12(17)15(6)11(3)8-16/h10-11,16H,7-9H2,1-6H3,(H,14,17). The van der Waals surface area contributed by atoms with Gasteiger partial charge >= 0.3 is 6.03 Å². The van der Waals surface area contributed by atoms with E-state index >= 15 is 0 Å². The summed E-state index contributed by atoms with van der Waals surface area (Å²) in [4.78, 5) is 13.3. The molecule has 1 unspecified atom stereocenters. The Balaban J connectivity index is 4.15. The van der Waals surface area contributed by atoms with Crippen LogP contribution < -0.4 is 5.32 Å². The first-order valence-corrected chi connectivity index (χ1v) is 6.31. The van der Waals surface area contributed by atoms with E-state index < -0.39 is 0 Å². The minimum absolute atomic E-state index is 0.0146. The highest BCUT2D eigenvalue weighted by atomic mass is 16.3. The van der Waals surface area contributed by atoms with Gasteiger partial charge in [0.2, 0.25) is 0 Å². The maximum atomic E-state index is 11.8. The number of likely N-dealkylation sites (N-methyl/N-ethyl adjacent to an activating group) is 1.